The monoisotopic (exact) mass is 302 g/mol. The third-order valence-corrected chi connectivity index (χ3v) is 8.94. The Labute approximate surface area is 84.3 Å². The fourth-order valence-electron chi connectivity index (χ4n) is 1.03. The molecule has 1 aliphatic rings. The zero-order chi connectivity index (χ0) is 8.97. The normalized spacial score (nSPS) is 21.7. The summed E-state index contributed by atoms with van der Waals surface area (Å²) in [7, 11) is 0. The van der Waals surface area contributed by atoms with Gasteiger partial charge in [0.05, 0.1) is 0 Å². The van der Waals surface area contributed by atoms with E-state index in [4.69, 9.17) is 5.73 Å². The molecule has 70 valence electrons. The average molecular weight is 300 g/mol. The molecule has 12 heavy (non-hydrogen) atoms. The molecule has 2 N–H and O–H groups in total. The van der Waals surface area contributed by atoms with Crippen LogP contribution < -0.4 is 5.73 Å². The summed E-state index contributed by atoms with van der Waals surface area (Å²) in [5.41, 5.74) is 5.54. The Kier molecular flexibility index (Phi) is 4.62. The average Bonchev–Trinajstić information content (AvgIpc) is 2.30. The third kappa shape index (κ3) is 3.08. The molecule has 1 atom stereocenters. The van der Waals surface area contributed by atoms with Gasteiger partial charge in [-0.3, -0.25) is 0 Å². The first-order valence-corrected chi connectivity index (χ1v) is 10.8. The Morgan fingerprint density at radius 1 is 1.42 bits per heavy atom. The molecule has 0 unspecified atom stereocenters. The summed E-state index contributed by atoms with van der Waals surface area (Å²) in [6, 6.07) is -0.317. The number of amides is 1. The molecule has 1 fully saturated rings. The Hall–Kier alpha value is 0.469. The van der Waals surface area contributed by atoms with Crippen LogP contribution in [-0.4, -0.2) is 56.2 Å². The van der Waals surface area contributed by atoms with Gasteiger partial charge in [-0.25, -0.2) is 0 Å². The predicted molar refractivity (Wildman–Crippen MR) is 51.4 cm³/mol. The van der Waals surface area contributed by atoms with Gasteiger partial charge in [-0.1, -0.05) is 0 Å². The molecule has 1 aliphatic heterocycles. The molecule has 1 heterocycles. The quantitative estimate of drug-likeness (QED) is 0.653. The van der Waals surface area contributed by atoms with E-state index >= 15 is 0 Å². The van der Waals surface area contributed by atoms with Gasteiger partial charge in [-0.2, -0.15) is 0 Å². The minimum atomic E-state index is -0.317. The van der Waals surface area contributed by atoms with Crippen LogP contribution in [0.5, 0.6) is 0 Å². The van der Waals surface area contributed by atoms with Crippen LogP contribution in [-0.2, 0) is 4.79 Å². The van der Waals surface area contributed by atoms with Crippen molar-refractivity contribution in [2.45, 2.75) is 23.6 Å². The van der Waals surface area contributed by atoms with Crippen molar-refractivity contribution < 1.29 is 4.79 Å². The number of hydrogen-bond donors (Lipinski definition) is 1. The fourth-order valence-corrected chi connectivity index (χ4v) is 6.96. The zero-order valence-corrected chi connectivity index (χ0v) is 10.6. The van der Waals surface area contributed by atoms with Gasteiger partial charge < -0.3 is 0 Å². The van der Waals surface area contributed by atoms with Crippen LogP contribution in [0.4, 0.5) is 0 Å². The molecule has 1 saturated heterocycles. The molecule has 1 rings (SSSR count). The molecular weight excluding hydrogens is 286 g/mol. The molecule has 0 aromatic rings. The summed E-state index contributed by atoms with van der Waals surface area (Å²) >= 11 is 1.64. The summed E-state index contributed by atoms with van der Waals surface area (Å²) in [6.45, 7) is 3.66. The molecule has 0 bridgehead atoms. The second-order valence-corrected chi connectivity index (χ2v) is 10.6. The molecule has 0 saturated carbocycles. The van der Waals surface area contributed by atoms with Crippen molar-refractivity contribution in [2.24, 2.45) is 5.73 Å². The third-order valence-electron chi connectivity index (χ3n) is 1.67. The van der Waals surface area contributed by atoms with E-state index in [0.717, 1.165) is 39.4 Å². The standard InChI is InChI=1S/C7H14N2OSe2/c1-6(8)7(10)9-2-4-11-12-5-3-9/h6H,2-5,8H2,1H3/t6-/m0/s1. The molecule has 1 amide bonds. The summed E-state index contributed by atoms with van der Waals surface area (Å²) in [5.74, 6) is 0.128. The Morgan fingerprint density at radius 3 is 2.33 bits per heavy atom. The predicted octanol–water partition coefficient (Wildman–Crippen LogP) is -0.664. The zero-order valence-electron chi connectivity index (χ0n) is 7.16. The van der Waals surface area contributed by atoms with Gasteiger partial charge in [0.25, 0.3) is 0 Å². The van der Waals surface area contributed by atoms with Crippen LogP contribution in [0.3, 0.4) is 0 Å². The van der Waals surface area contributed by atoms with Crippen molar-refractivity contribution in [3.8, 4) is 0 Å². The van der Waals surface area contributed by atoms with E-state index in [1.165, 1.54) is 10.6 Å². The molecule has 3 nitrogen and oxygen atoms in total. The molecule has 0 aromatic heterocycles. The molecule has 0 aliphatic carbocycles. The van der Waals surface area contributed by atoms with Gasteiger partial charge >= 0.3 is 84.3 Å². The van der Waals surface area contributed by atoms with Crippen molar-refractivity contribution in [1.82, 2.24) is 4.90 Å². The SMILES string of the molecule is C[C@H](N)C(=O)N1CC[Se][Se]CC1. The maximum absolute atomic E-state index is 11.5. The van der Waals surface area contributed by atoms with Gasteiger partial charge in [-0.15, -0.1) is 0 Å². The number of rotatable bonds is 1. The van der Waals surface area contributed by atoms with E-state index in [1.54, 1.807) is 6.92 Å². The number of hydrogen-bond acceptors (Lipinski definition) is 2. The Bertz CT molecular complexity index is 155. The van der Waals surface area contributed by atoms with Gasteiger partial charge in [-0.05, 0) is 0 Å². The van der Waals surface area contributed by atoms with Crippen molar-refractivity contribution in [3.63, 3.8) is 0 Å². The fraction of sp³-hybridized carbons (Fsp3) is 0.857. The van der Waals surface area contributed by atoms with Crippen LogP contribution in [0, 0.1) is 0 Å². The van der Waals surface area contributed by atoms with Crippen molar-refractivity contribution in [2.75, 3.05) is 13.1 Å². The van der Waals surface area contributed by atoms with Crippen molar-refractivity contribution in [3.05, 3.63) is 0 Å². The van der Waals surface area contributed by atoms with Crippen LogP contribution in [0.1, 0.15) is 6.92 Å². The summed E-state index contributed by atoms with van der Waals surface area (Å²) in [6.07, 6.45) is 0. The van der Waals surface area contributed by atoms with E-state index < -0.39 is 0 Å². The first-order chi connectivity index (χ1) is 5.72. The maximum atomic E-state index is 11.5. The van der Waals surface area contributed by atoms with Crippen molar-refractivity contribution in [1.29, 1.82) is 0 Å². The van der Waals surface area contributed by atoms with E-state index in [9.17, 15) is 4.79 Å². The molecule has 0 spiro atoms. The molecule has 0 radical (unpaired) electrons. The number of nitrogens with two attached hydrogens (primary N) is 1. The number of carbonyl (C=O) groups is 1. The van der Waals surface area contributed by atoms with Gasteiger partial charge in [0, 0.05) is 0 Å². The van der Waals surface area contributed by atoms with Crippen LogP contribution in [0.2, 0.25) is 10.6 Å². The first-order valence-electron chi connectivity index (χ1n) is 4.00. The van der Waals surface area contributed by atoms with E-state index in [-0.39, 0.29) is 11.9 Å². The first kappa shape index (κ1) is 10.5. The molecule has 5 heteroatoms. The van der Waals surface area contributed by atoms with Gasteiger partial charge in [0.15, 0.2) is 0 Å². The van der Waals surface area contributed by atoms with Crippen LogP contribution >= 0.6 is 0 Å². The summed E-state index contributed by atoms with van der Waals surface area (Å²) in [5, 5.41) is 2.46. The molecular formula is C7H14N2OSe2. The van der Waals surface area contributed by atoms with Crippen molar-refractivity contribution >= 4 is 32.2 Å². The second kappa shape index (κ2) is 5.25. The van der Waals surface area contributed by atoms with E-state index in [1.807, 2.05) is 4.90 Å². The van der Waals surface area contributed by atoms with Gasteiger partial charge in [0.2, 0.25) is 0 Å². The van der Waals surface area contributed by atoms with E-state index in [0.29, 0.717) is 0 Å². The Morgan fingerprint density at radius 2 is 1.92 bits per heavy atom. The molecule has 0 aromatic carbocycles. The summed E-state index contributed by atoms with van der Waals surface area (Å²) < 4.78 is 0. The van der Waals surface area contributed by atoms with Crippen LogP contribution in [0.15, 0.2) is 0 Å². The topological polar surface area (TPSA) is 46.3 Å². The van der Waals surface area contributed by atoms with E-state index in [2.05, 4.69) is 0 Å². The van der Waals surface area contributed by atoms with Gasteiger partial charge in [0.1, 0.15) is 0 Å². The summed E-state index contributed by atoms with van der Waals surface area (Å²) in [4.78, 5) is 13.4. The second-order valence-electron chi connectivity index (χ2n) is 2.76. The minimum absolute atomic E-state index is 0.128. The Balaban J connectivity index is 2.43. The number of nitrogens with zero attached hydrogens (tertiary/aromatic N) is 1. The number of carbonyl (C=O) groups excluding carboxylic acids is 1. The van der Waals surface area contributed by atoms with Crippen LogP contribution in [0.25, 0.3) is 0 Å².